The Labute approximate surface area is 100 Å². The first-order chi connectivity index (χ1) is 8.07. The highest BCUT2D eigenvalue weighted by Crippen LogP contribution is 2.13. The Bertz CT molecular complexity index is 278. The second-order valence-electron chi connectivity index (χ2n) is 2.99. The monoisotopic (exact) mass is 273 g/mol. The van der Waals surface area contributed by atoms with Gasteiger partial charge in [-0.05, 0) is 12.8 Å². The molecular formula is C8H14F3N3O4. The summed E-state index contributed by atoms with van der Waals surface area (Å²) in [6, 6.07) is 0. The Morgan fingerprint density at radius 1 is 1.22 bits per heavy atom. The maximum absolute atomic E-state index is 10.6. The molecule has 7 nitrogen and oxygen atoms in total. The van der Waals surface area contributed by atoms with Crippen LogP contribution in [0.4, 0.5) is 13.2 Å². The molecule has 0 aromatic heterocycles. The van der Waals surface area contributed by atoms with Crippen LogP contribution < -0.4 is 11.1 Å². The third kappa shape index (κ3) is 16.4. The van der Waals surface area contributed by atoms with Gasteiger partial charge in [-0.25, -0.2) is 4.79 Å². The van der Waals surface area contributed by atoms with Gasteiger partial charge in [0.2, 0.25) is 0 Å². The van der Waals surface area contributed by atoms with Crippen LogP contribution in [0.3, 0.4) is 0 Å². The number of nitrogens with two attached hydrogens (primary N) is 1. The summed E-state index contributed by atoms with van der Waals surface area (Å²) in [5.41, 5.74) is 4.99. The number of halogens is 3. The van der Waals surface area contributed by atoms with E-state index in [2.05, 4.69) is 5.32 Å². The molecule has 0 heterocycles. The van der Waals surface area contributed by atoms with Gasteiger partial charge >= 0.3 is 18.1 Å². The number of carboxylic acids is 2. The van der Waals surface area contributed by atoms with Crippen molar-refractivity contribution in [2.45, 2.75) is 25.4 Å². The van der Waals surface area contributed by atoms with Crippen LogP contribution in [0.1, 0.15) is 19.3 Å². The molecule has 0 unspecified atom stereocenters. The number of rotatable bonds is 5. The summed E-state index contributed by atoms with van der Waals surface area (Å²) in [4.78, 5) is 18.9. The molecule has 18 heavy (non-hydrogen) atoms. The number of hydrogen-bond donors (Lipinski definition) is 5. The first kappa shape index (κ1) is 18.4. The number of aliphatic carboxylic acids is 2. The molecule has 0 saturated heterocycles. The molecule has 0 rings (SSSR count). The summed E-state index contributed by atoms with van der Waals surface area (Å²) in [6.07, 6.45) is -3.55. The zero-order valence-electron chi connectivity index (χ0n) is 9.25. The first-order valence-corrected chi connectivity index (χ1v) is 4.67. The van der Waals surface area contributed by atoms with Gasteiger partial charge in [-0.3, -0.25) is 10.2 Å². The molecule has 0 bridgehead atoms. The van der Waals surface area contributed by atoms with Crippen molar-refractivity contribution >= 4 is 17.9 Å². The normalized spacial score (nSPS) is 9.94. The van der Waals surface area contributed by atoms with Crippen LogP contribution in [0.25, 0.3) is 0 Å². The topological polar surface area (TPSA) is 136 Å². The van der Waals surface area contributed by atoms with Crippen LogP contribution in [0, 0.1) is 5.41 Å². The van der Waals surface area contributed by atoms with E-state index in [1.54, 1.807) is 0 Å². The lowest BCUT2D eigenvalue weighted by molar-refractivity contribution is -0.192. The van der Waals surface area contributed by atoms with Gasteiger partial charge in [-0.15, -0.1) is 0 Å². The van der Waals surface area contributed by atoms with Gasteiger partial charge in [0.25, 0.3) is 0 Å². The standard InChI is InChI=1S/C6H13N3O2.C2HF3O2/c7-6(8)9-4-2-1-3-5(10)11;3-2(4,5)1(6)7/h1-4H2,(H,10,11)(H4,7,8,9);(H,6,7). The highest BCUT2D eigenvalue weighted by molar-refractivity contribution is 5.74. The van der Waals surface area contributed by atoms with Gasteiger partial charge < -0.3 is 21.3 Å². The second-order valence-corrected chi connectivity index (χ2v) is 2.99. The Morgan fingerprint density at radius 3 is 1.94 bits per heavy atom. The molecule has 0 aromatic carbocycles. The van der Waals surface area contributed by atoms with E-state index < -0.39 is 18.1 Å². The van der Waals surface area contributed by atoms with E-state index in [0.29, 0.717) is 13.0 Å². The molecule has 0 aliphatic carbocycles. The Balaban J connectivity index is 0. The predicted molar refractivity (Wildman–Crippen MR) is 55.1 cm³/mol. The first-order valence-electron chi connectivity index (χ1n) is 4.67. The predicted octanol–water partition coefficient (Wildman–Crippen LogP) is 0.358. The van der Waals surface area contributed by atoms with E-state index in [-0.39, 0.29) is 12.4 Å². The average molecular weight is 273 g/mol. The van der Waals surface area contributed by atoms with Gasteiger partial charge in [-0.2, -0.15) is 13.2 Å². The number of alkyl halides is 3. The lowest BCUT2D eigenvalue weighted by Gasteiger charge is -2.00. The third-order valence-electron chi connectivity index (χ3n) is 1.38. The molecule has 10 heteroatoms. The molecular weight excluding hydrogens is 259 g/mol. The lowest BCUT2D eigenvalue weighted by Crippen LogP contribution is -2.30. The highest BCUT2D eigenvalue weighted by Gasteiger charge is 2.38. The van der Waals surface area contributed by atoms with E-state index >= 15 is 0 Å². The average Bonchev–Trinajstić information content (AvgIpc) is 2.15. The van der Waals surface area contributed by atoms with Crippen molar-refractivity contribution in [3.8, 4) is 0 Å². The van der Waals surface area contributed by atoms with E-state index in [1.165, 1.54) is 0 Å². The quantitative estimate of drug-likeness (QED) is 0.278. The van der Waals surface area contributed by atoms with Gasteiger partial charge in [0.1, 0.15) is 0 Å². The minimum absolute atomic E-state index is 0.0691. The summed E-state index contributed by atoms with van der Waals surface area (Å²) < 4.78 is 31.7. The van der Waals surface area contributed by atoms with Crippen molar-refractivity contribution in [2.24, 2.45) is 5.73 Å². The summed E-state index contributed by atoms with van der Waals surface area (Å²) in [5, 5.41) is 24.7. The largest absolute Gasteiger partial charge is 0.490 e. The molecule has 0 saturated carbocycles. The van der Waals surface area contributed by atoms with Crippen molar-refractivity contribution in [3.05, 3.63) is 0 Å². The van der Waals surface area contributed by atoms with E-state index in [1.807, 2.05) is 0 Å². The molecule has 0 amide bonds. The Kier molecular flexibility index (Phi) is 9.26. The van der Waals surface area contributed by atoms with Crippen molar-refractivity contribution in [3.63, 3.8) is 0 Å². The number of hydrogen-bond acceptors (Lipinski definition) is 3. The number of carbonyl (C=O) groups is 2. The van der Waals surface area contributed by atoms with Crippen molar-refractivity contribution < 1.29 is 33.0 Å². The maximum Gasteiger partial charge on any atom is 0.490 e. The minimum Gasteiger partial charge on any atom is -0.481 e. The Hall–Kier alpha value is -2.00. The highest BCUT2D eigenvalue weighted by atomic mass is 19.4. The summed E-state index contributed by atoms with van der Waals surface area (Å²) in [6.45, 7) is 0.572. The molecule has 6 N–H and O–H groups in total. The summed E-state index contributed by atoms with van der Waals surface area (Å²) in [5.74, 6) is -3.61. The molecule has 0 atom stereocenters. The van der Waals surface area contributed by atoms with Crippen LogP contribution >= 0.6 is 0 Å². The van der Waals surface area contributed by atoms with E-state index in [4.69, 9.17) is 26.2 Å². The zero-order chi connectivity index (χ0) is 14.8. The molecule has 0 fully saturated rings. The maximum atomic E-state index is 10.6. The fraction of sp³-hybridized carbons (Fsp3) is 0.625. The van der Waals surface area contributed by atoms with Gasteiger partial charge in [0, 0.05) is 13.0 Å². The SMILES string of the molecule is N=C(N)NCCCCC(=O)O.O=C(O)C(F)(F)F. The molecule has 0 radical (unpaired) electrons. The zero-order valence-corrected chi connectivity index (χ0v) is 9.25. The van der Waals surface area contributed by atoms with Crippen LogP contribution in [-0.4, -0.2) is 40.8 Å². The number of carboxylic acid groups (broad SMARTS) is 2. The molecule has 0 aliphatic rings. The minimum atomic E-state index is -5.08. The van der Waals surface area contributed by atoms with Gasteiger partial charge in [0.05, 0.1) is 0 Å². The summed E-state index contributed by atoms with van der Waals surface area (Å²) >= 11 is 0. The number of guanidine groups is 1. The van der Waals surface area contributed by atoms with Gasteiger partial charge in [-0.1, -0.05) is 0 Å². The summed E-state index contributed by atoms with van der Waals surface area (Å²) in [7, 11) is 0. The van der Waals surface area contributed by atoms with Crippen molar-refractivity contribution in [1.82, 2.24) is 5.32 Å². The molecule has 0 aliphatic heterocycles. The lowest BCUT2D eigenvalue weighted by atomic mass is 10.2. The van der Waals surface area contributed by atoms with Crippen molar-refractivity contribution in [1.29, 1.82) is 5.41 Å². The van der Waals surface area contributed by atoms with Gasteiger partial charge in [0.15, 0.2) is 5.96 Å². The molecule has 0 aromatic rings. The van der Waals surface area contributed by atoms with Crippen LogP contribution in [0.5, 0.6) is 0 Å². The second kappa shape index (κ2) is 9.07. The van der Waals surface area contributed by atoms with E-state index in [0.717, 1.165) is 6.42 Å². The third-order valence-corrected chi connectivity index (χ3v) is 1.38. The number of nitrogens with one attached hydrogen (secondary N) is 2. The smallest absolute Gasteiger partial charge is 0.481 e. The van der Waals surface area contributed by atoms with E-state index in [9.17, 15) is 18.0 Å². The van der Waals surface area contributed by atoms with Crippen LogP contribution in [0.2, 0.25) is 0 Å². The van der Waals surface area contributed by atoms with Crippen molar-refractivity contribution in [2.75, 3.05) is 6.54 Å². The van der Waals surface area contributed by atoms with Crippen LogP contribution in [0.15, 0.2) is 0 Å². The fourth-order valence-electron chi connectivity index (χ4n) is 0.624. The molecule has 0 spiro atoms. The number of unbranched alkanes of at least 4 members (excludes halogenated alkanes) is 1. The van der Waals surface area contributed by atoms with Crippen LogP contribution in [-0.2, 0) is 9.59 Å². The molecule has 106 valence electrons. The Morgan fingerprint density at radius 2 is 1.67 bits per heavy atom. The fourth-order valence-corrected chi connectivity index (χ4v) is 0.624.